The Morgan fingerprint density at radius 3 is 3.00 bits per heavy atom. The Morgan fingerprint density at radius 2 is 2.14 bits per heavy atom. The fraction of sp³-hybridized carbons (Fsp3) is 0.688. The van der Waals surface area contributed by atoms with Gasteiger partial charge in [0.25, 0.3) is 0 Å². The second-order valence-electron chi connectivity index (χ2n) is 6.77. The second-order valence-corrected chi connectivity index (χ2v) is 6.77. The zero-order valence-electron chi connectivity index (χ0n) is 13.2. The second kappa shape index (κ2) is 5.83. The van der Waals surface area contributed by atoms with E-state index in [1.165, 1.54) is 45.2 Å². The van der Waals surface area contributed by atoms with E-state index in [9.17, 15) is 0 Å². The normalized spacial score (nSPS) is 23.6. The minimum absolute atomic E-state index is 0.733. The zero-order valence-corrected chi connectivity index (χ0v) is 13.2. The summed E-state index contributed by atoms with van der Waals surface area (Å²) in [5.41, 5.74) is 2.84. The third-order valence-corrected chi connectivity index (χ3v) is 5.13. The fourth-order valence-electron chi connectivity index (χ4n) is 3.97. The molecule has 0 amide bonds. The lowest BCUT2D eigenvalue weighted by Gasteiger charge is -2.23. The Hall–Kier alpha value is -1.69. The van der Waals surface area contributed by atoms with E-state index >= 15 is 0 Å². The van der Waals surface area contributed by atoms with Crippen molar-refractivity contribution in [1.82, 2.24) is 24.7 Å². The van der Waals surface area contributed by atoms with Crippen molar-refractivity contribution in [3.8, 4) is 0 Å². The molecule has 2 fully saturated rings. The number of aryl methyl sites for hydroxylation is 1. The molecule has 1 aliphatic heterocycles. The van der Waals surface area contributed by atoms with Crippen LogP contribution in [0.5, 0.6) is 0 Å². The van der Waals surface area contributed by atoms with E-state index < -0.39 is 0 Å². The van der Waals surface area contributed by atoms with Gasteiger partial charge in [-0.25, -0.2) is 0 Å². The van der Waals surface area contributed by atoms with E-state index in [0.29, 0.717) is 0 Å². The first-order chi connectivity index (χ1) is 10.8. The summed E-state index contributed by atoms with van der Waals surface area (Å²) in [6.45, 7) is 5.52. The number of hydrogen-bond acceptors (Lipinski definition) is 5. The van der Waals surface area contributed by atoms with Crippen molar-refractivity contribution >= 4 is 11.3 Å². The van der Waals surface area contributed by atoms with Crippen molar-refractivity contribution in [3.63, 3.8) is 0 Å². The minimum atomic E-state index is 0.733. The van der Waals surface area contributed by atoms with E-state index in [1.807, 2.05) is 6.92 Å². The average Bonchev–Trinajstić information content (AvgIpc) is 3.24. The fourth-order valence-corrected chi connectivity index (χ4v) is 3.97. The van der Waals surface area contributed by atoms with E-state index in [-0.39, 0.29) is 0 Å². The van der Waals surface area contributed by atoms with Gasteiger partial charge in [-0.1, -0.05) is 12.8 Å². The number of fused-ring (bicyclic) bond motifs is 1. The summed E-state index contributed by atoms with van der Waals surface area (Å²) in [5, 5.41) is 16.1. The lowest BCUT2D eigenvalue weighted by molar-refractivity contribution is 0.238. The monoisotopic (exact) mass is 300 g/mol. The maximum atomic E-state index is 4.38. The molecule has 1 aliphatic carbocycles. The van der Waals surface area contributed by atoms with Gasteiger partial charge in [0, 0.05) is 19.1 Å². The molecular formula is C16H24N6. The van der Waals surface area contributed by atoms with Crippen LogP contribution in [-0.4, -0.2) is 50.4 Å². The number of rotatable bonds is 4. The molecule has 1 unspecified atom stereocenters. The van der Waals surface area contributed by atoms with Crippen LogP contribution in [0, 0.1) is 12.8 Å². The molecule has 6 heteroatoms. The van der Waals surface area contributed by atoms with Gasteiger partial charge in [0.2, 0.25) is 5.65 Å². The first-order valence-corrected chi connectivity index (χ1v) is 8.45. The topological polar surface area (TPSA) is 58.3 Å². The van der Waals surface area contributed by atoms with Crippen molar-refractivity contribution in [2.45, 2.75) is 45.1 Å². The molecule has 1 saturated heterocycles. The van der Waals surface area contributed by atoms with Crippen LogP contribution in [0.25, 0.3) is 5.65 Å². The van der Waals surface area contributed by atoms with Crippen LogP contribution in [0.15, 0.2) is 12.4 Å². The lowest BCUT2D eigenvalue weighted by Crippen LogP contribution is -2.31. The van der Waals surface area contributed by atoms with Gasteiger partial charge in [-0.05, 0) is 44.7 Å². The Balaban J connectivity index is 1.39. The quantitative estimate of drug-likeness (QED) is 0.937. The molecule has 2 aromatic heterocycles. The maximum Gasteiger partial charge on any atom is 0.200 e. The van der Waals surface area contributed by atoms with Crippen LogP contribution in [0.1, 0.15) is 37.8 Å². The molecule has 0 radical (unpaired) electrons. The van der Waals surface area contributed by atoms with Crippen LogP contribution in [-0.2, 0) is 0 Å². The molecule has 2 aliphatic rings. The van der Waals surface area contributed by atoms with Gasteiger partial charge in [0.1, 0.15) is 6.33 Å². The third kappa shape index (κ3) is 2.67. The first kappa shape index (κ1) is 13.9. The molecule has 1 saturated carbocycles. The smallest absolute Gasteiger partial charge is 0.200 e. The molecule has 22 heavy (non-hydrogen) atoms. The predicted molar refractivity (Wildman–Crippen MR) is 85.9 cm³/mol. The first-order valence-electron chi connectivity index (χ1n) is 8.45. The predicted octanol–water partition coefficient (Wildman–Crippen LogP) is 2.11. The molecule has 6 nitrogen and oxygen atoms in total. The van der Waals surface area contributed by atoms with Gasteiger partial charge >= 0.3 is 0 Å². The van der Waals surface area contributed by atoms with Crippen molar-refractivity contribution in [3.05, 3.63) is 18.1 Å². The lowest BCUT2D eigenvalue weighted by atomic mass is 10.1. The number of nitrogens with one attached hydrogen (secondary N) is 1. The SMILES string of the molecule is Cc1cc(NCC2CCN(C3CCCC3)C2)c2nncn2n1. The van der Waals surface area contributed by atoms with E-state index in [4.69, 9.17) is 0 Å². The highest BCUT2D eigenvalue weighted by Crippen LogP contribution is 2.28. The Bertz CT molecular complexity index is 645. The number of nitrogens with zero attached hydrogens (tertiary/aromatic N) is 5. The van der Waals surface area contributed by atoms with Gasteiger partial charge in [-0.3, -0.25) is 0 Å². The molecule has 0 spiro atoms. The Morgan fingerprint density at radius 1 is 1.27 bits per heavy atom. The zero-order chi connectivity index (χ0) is 14.9. The minimum Gasteiger partial charge on any atom is -0.382 e. The standard InChI is InChI=1S/C16H24N6/c1-12-8-15(16-19-18-11-22(16)20-12)17-9-13-6-7-21(10-13)14-4-2-3-5-14/h8,11,13-14,17H,2-7,9-10H2,1H3. The highest BCUT2D eigenvalue weighted by molar-refractivity contribution is 5.66. The molecule has 1 N–H and O–H groups in total. The van der Waals surface area contributed by atoms with Crippen molar-refractivity contribution < 1.29 is 0 Å². The van der Waals surface area contributed by atoms with E-state index in [2.05, 4.69) is 31.6 Å². The molecule has 4 rings (SSSR count). The van der Waals surface area contributed by atoms with Crippen molar-refractivity contribution in [2.24, 2.45) is 5.92 Å². The summed E-state index contributed by atoms with van der Waals surface area (Å²) >= 11 is 0. The molecule has 1 atom stereocenters. The highest BCUT2D eigenvalue weighted by Gasteiger charge is 2.29. The Labute approximate surface area is 130 Å². The van der Waals surface area contributed by atoms with Gasteiger partial charge < -0.3 is 10.2 Å². The summed E-state index contributed by atoms with van der Waals surface area (Å²) < 4.78 is 1.75. The van der Waals surface area contributed by atoms with Crippen LogP contribution < -0.4 is 5.32 Å². The average molecular weight is 300 g/mol. The van der Waals surface area contributed by atoms with Crippen LogP contribution >= 0.6 is 0 Å². The molecule has 0 aromatic carbocycles. The van der Waals surface area contributed by atoms with Crippen LogP contribution in [0.4, 0.5) is 5.69 Å². The number of likely N-dealkylation sites (tertiary alicyclic amines) is 1. The third-order valence-electron chi connectivity index (χ3n) is 5.13. The largest absolute Gasteiger partial charge is 0.382 e. The summed E-state index contributed by atoms with van der Waals surface area (Å²) in [6.07, 6.45) is 8.62. The van der Waals surface area contributed by atoms with Crippen molar-refractivity contribution in [2.75, 3.05) is 25.0 Å². The summed E-state index contributed by atoms with van der Waals surface area (Å²) in [4.78, 5) is 2.71. The van der Waals surface area contributed by atoms with Gasteiger partial charge in [-0.2, -0.15) is 9.61 Å². The molecule has 118 valence electrons. The number of hydrogen-bond donors (Lipinski definition) is 1. The van der Waals surface area contributed by atoms with Gasteiger partial charge in [-0.15, -0.1) is 10.2 Å². The summed E-state index contributed by atoms with van der Waals surface area (Å²) in [6, 6.07) is 2.92. The molecular weight excluding hydrogens is 276 g/mol. The maximum absolute atomic E-state index is 4.38. The Kier molecular flexibility index (Phi) is 3.70. The molecule has 2 aromatic rings. The summed E-state index contributed by atoms with van der Waals surface area (Å²) in [7, 11) is 0. The number of anilines is 1. The van der Waals surface area contributed by atoms with Crippen LogP contribution in [0.2, 0.25) is 0 Å². The van der Waals surface area contributed by atoms with Gasteiger partial charge in [0.15, 0.2) is 0 Å². The van der Waals surface area contributed by atoms with Crippen molar-refractivity contribution in [1.29, 1.82) is 0 Å². The molecule has 0 bridgehead atoms. The molecule has 3 heterocycles. The van der Waals surface area contributed by atoms with Gasteiger partial charge in [0.05, 0.1) is 11.4 Å². The van der Waals surface area contributed by atoms with E-state index in [0.717, 1.165) is 35.5 Å². The van der Waals surface area contributed by atoms with Crippen LogP contribution in [0.3, 0.4) is 0 Å². The highest BCUT2D eigenvalue weighted by atomic mass is 15.3. The van der Waals surface area contributed by atoms with E-state index in [1.54, 1.807) is 10.8 Å². The number of aromatic nitrogens is 4. The summed E-state index contributed by atoms with van der Waals surface area (Å²) in [5.74, 6) is 0.733.